The van der Waals surface area contributed by atoms with Crippen molar-refractivity contribution < 1.29 is 0 Å². The lowest BCUT2D eigenvalue weighted by atomic mass is 10.1. The Morgan fingerprint density at radius 1 is 1.29 bits per heavy atom. The molecule has 3 rings (SSSR count). The lowest BCUT2D eigenvalue weighted by Gasteiger charge is -2.10. The molecule has 1 atom stereocenters. The Labute approximate surface area is 84.5 Å². The molecule has 0 saturated heterocycles. The molecular weight excluding hydrogens is 172 g/mol. The number of hydrogen-bond acceptors (Lipinski definition) is 2. The molecule has 0 spiro atoms. The number of fused-ring (bicyclic) bond motifs is 1. The minimum atomic E-state index is 0.195. The average molecular weight is 188 g/mol. The van der Waals surface area contributed by atoms with Crippen LogP contribution < -0.4 is 5.73 Å². The molecule has 1 aromatic heterocycles. The zero-order chi connectivity index (χ0) is 9.54. The standard InChI is InChI=1S/C12H16N2/c13-12(9-4-5-9)11-7-6-8-2-1-3-10(8)14-11/h6-7,9,12H,1-5,13H2/t12-/m1/s1. The summed E-state index contributed by atoms with van der Waals surface area (Å²) < 4.78 is 0. The molecule has 0 radical (unpaired) electrons. The van der Waals surface area contributed by atoms with Crippen molar-refractivity contribution in [3.8, 4) is 0 Å². The number of nitrogens with two attached hydrogens (primary N) is 1. The lowest BCUT2D eigenvalue weighted by Crippen LogP contribution is -2.14. The van der Waals surface area contributed by atoms with E-state index in [1.54, 1.807) is 0 Å². The van der Waals surface area contributed by atoms with Crippen LogP contribution in [0.2, 0.25) is 0 Å². The normalized spacial score (nSPS) is 22.1. The molecule has 0 amide bonds. The molecule has 1 saturated carbocycles. The van der Waals surface area contributed by atoms with Crippen LogP contribution in [-0.4, -0.2) is 4.98 Å². The maximum Gasteiger partial charge on any atom is 0.0577 e. The fraction of sp³-hybridized carbons (Fsp3) is 0.583. The number of aryl methyl sites for hydroxylation is 2. The number of pyridine rings is 1. The van der Waals surface area contributed by atoms with Crippen LogP contribution in [0.15, 0.2) is 12.1 Å². The van der Waals surface area contributed by atoms with E-state index in [4.69, 9.17) is 5.73 Å². The summed E-state index contributed by atoms with van der Waals surface area (Å²) in [6, 6.07) is 4.56. The highest BCUT2D eigenvalue weighted by atomic mass is 14.8. The second kappa shape index (κ2) is 3.06. The second-order valence-electron chi connectivity index (χ2n) is 4.56. The van der Waals surface area contributed by atoms with Crippen LogP contribution in [0.25, 0.3) is 0 Å². The van der Waals surface area contributed by atoms with Crippen LogP contribution >= 0.6 is 0 Å². The van der Waals surface area contributed by atoms with Crippen LogP contribution in [0.5, 0.6) is 0 Å². The van der Waals surface area contributed by atoms with Gasteiger partial charge in [0.05, 0.1) is 5.69 Å². The Balaban J connectivity index is 1.91. The fourth-order valence-electron chi connectivity index (χ4n) is 2.32. The summed E-state index contributed by atoms with van der Waals surface area (Å²) in [6.07, 6.45) is 6.21. The van der Waals surface area contributed by atoms with Gasteiger partial charge in [0.25, 0.3) is 0 Å². The first kappa shape index (κ1) is 8.42. The Kier molecular flexibility index (Phi) is 1.84. The molecule has 0 aromatic carbocycles. The van der Waals surface area contributed by atoms with E-state index in [0.717, 1.165) is 12.1 Å². The van der Waals surface area contributed by atoms with E-state index in [0.29, 0.717) is 5.92 Å². The predicted molar refractivity (Wildman–Crippen MR) is 55.9 cm³/mol. The van der Waals surface area contributed by atoms with E-state index in [2.05, 4.69) is 17.1 Å². The van der Waals surface area contributed by atoms with Crippen molar-refractivity contribution in [3.05, 3.63) is 29.1 Å². The molecule has 2 N–H and O–H groups in total. The van der Waals surface area contributed by atoms with Gasteiger partial charge < -0.3 is 5.73 Å². The van der Waals surface area contributed by atoms with E-state index in [1.807, 2.05) is 0 Å². The van der Waals surface area contributed by atoms with Crippen LogP contribution in [0, 0.1) is 5.92 Å². The summed E-state index contributed by atoms with van der Waals surface area (Å²) >= 11 is 0. The highest BCUT2D eigenvalue weighted by molar-refractivity contribution is 5.28. The molecule has 0 bridgehead atoms. The van der Waals surface area contributed by atoms with Gasteiger partial charge in [-0.1, -0.05) is 6.07 Å². The molecule has 2 heteroatoms. The maximum atomic E-state index is 6.13. The Morgan fingerprint density at radius 3 is 2.93 bits per heavy atom. The quantitative estimate of drug-likeness (QED) is 0.770. The summed E-state index contributed by atoms with van der Waals surface area (Å²) in [6.45, 7) is 0. The van der Waals surface area contributed by atoms with Gasteiger partial charge in [0.1, 0.15) is 0 Å². The van der Waals surface area contributed by atoms with Crippen molar-refractivity contribution in [1.82, 2.24) is 4.98 Å². The first-order valence-electron chi connectivity index (χ1n) is 5.59. The third-order valence-electron chi connectivity index (χ3n) is 3.42. The lowest BCUT2D eigenvalue weighted by molar-refractivity contribution is 0.612. The van der Waals surface area contributed by atoms with Crippen molar-refractivity contribution in [1.29, 1.82) is 0 Å². The molecule has 1 fully saturated rings. The van der Waals surface area contributed by atoms with Gasteiger partial charge in [-0.15, -0.1) is 0 Å². The number of rotatable bonds is 2. The maximum absolute atomic E-state index is 6.13. The van der Waals surface area contributed by atoms with Crippen LogP contribution in [0.4, 0.5) is 0 Å². The zero-order valence-corrected chi connectivity index (χ0v) is 8.37. The van der Waals surface area contributed by atoms with E-state index in [9.17, 15) is 0 Å². The van der Waals surface area contributed by atoms with Gasteiger partial charge in [0, 0.05) is 11.7 Å². The van der Waals surface area contributed by atoms with Crippen molar-refractivity contribution >= 4 is 0 Å². The minimum Gasteiger partial charge on any atom is -0.322 e. The summed E-state index contributed by atoms with van der Waals surface area (Å²) in [4.78, 5) is 4.69. The van der Waals surface area contributed by atoms with Crippen molar-refractivity contribution in [2.45, 2.75) is 38.1 Å². The van der Waals surface area contributed by atoms with Gasteiger partial charge in [-0.2, -0.15) is 0 Å². The number of aromatic nitrogens is 1. The van der Waals surface area contributed by atoms with E-state index >= 15 is 0 Å². The predicted octanol–water partition coefficient (Wildman–Crippen LogP) is 1.98. The monoisotopic (exact) mass is 188 g/mol. The second-order valence-corrected chi connectivity index (χ2v) is 4.56. The van der Waals surface area contributed by atoms with Crippen LogP contribution in [-0.2, 0) is 12.8 Å². The molecule has 74 valence electrons. The third kappa shape index (κ3) is 1.34. The van der Waals surface area contributed by atoms with Gasteiger partial charge >= 0.3 is 0 Å². The van der Waals surface area contributed by atoms with Gasteiger partial charge in [0.15, 0.2) is 0 Å². The minimum absolute atomic E-state index is 0.195. The molecule has 0 aliphatic heterocycles. The number of hydrogen-bond donors (Lipinski definition) is 1. The summed E-state index contributed by atoms with van der Waals surface area (Å²) in [7, 11) is 0. The fourth-order valence-corrected chi connectivity index (χ4v) is 2.32. The molecule has 2 nitrogen and oxygen atoms in total. The highest BCUT2D eigenvalue weighted by Crippen LogP contribution is 2.39. The van der Waals surface area contributed by atoms with E-state index < -0.39 is 0 Å². The number of nitrogens with zero attached hydrogens (tertiary/aromatic N) is 1. The summed E-state index contributed by atoms with van der Waals surface area (Å²) in [5.41, 5.74) is 10.00. The molecular formula is C12H16N2. The summed E-state index contributed by atoms with van der Waals surface area (Å²) in [5, 5.41) is 0. The molecule has 2 aliphatic rings. The van der Waals surface area contributed by atoms with Gasteiger partial charge in [-0.3, -0.25) is 4.98 Å². The largest absolute Gasteiger partial charge is 0.322 e. The van der Waals surface area contributed by atoms with Gasteiger partial charge in [-0.25, -0.2) is 0 Å². The third-order valence-corrected chi connectivity index (χ3v) is 3.42. The zero-order valence-electron chi connectivity index (χ0n) is 8.37. The van der Waals surface area contributed by atoms with Crippen molar-refractivity contribution in [2.75, 3.05) is 0 Å². The molecule has 0 unspecified atom stereocenters. The summed E-state index contributed by atoms with van der Waals surface area (Å²) in [5.74, 6) is 0.710. The first-order chi connectivity index (χ1) is 6.84. The average Bonchev–Trinajstić information content (AvgIpc) is 2.95. The Bertz CT molecular complexity index is 355. The topological polar surface area (TPSA) is 38.9 Å². The first-order valence-corrected chi connectivity index (χ1v) is 5.59. The Hall–Kier alpha value is -0.890. The van der Waals surface area contributed by atoms with Crippen molar-refractivity contribution in [3.63, 3.8) is 0 Å². The molecule has 14 heavy (non-hydrogen) atoms. The van der Waals surface area contributed by atoms with Crippen LogP contribution in [0.1, 0.15) is 42.3 Å². The van der Waals surface area contributed by atoms with E-state index in [1.165, 1.54) is 36.9 Å². The van der Waals surface area contributed by atoms with Crippen LogP contribution in [0.3, 0.4) is 0 Å². The molecule has 1 heterocycles. The van der Waals surface area contributed by atoms with Gasteiger partial charge in [-0.05, 0) is 49.7 Å². The molecule has 2 aliphatic carbocycles. The van der Waals surface area contributed by atoms with E-state index in [-0.39, 0.29) is 6.04 Å². The Morgan fingerprint density at radius 2 is 2.14 bits per heavy atom. The van der Waals surface area contributed by atoms with Gasteiger partial charge in [0.2, 0.25) is 0 Å². The smallest absolute Gasteiger partial charge is 0.0577 e. The SMILES string of the molecule is N[C@@H](c1ccc2c(n1)CCC2)C1CC1. The molecule has 1 aromatic rings. The van der Waals surface area contributed by atoms with Crippen molar-refractivity contribution in [2.24, 2.45) is 11.7 Å². The highest BCUT2D eigenvalue weighted by Gasteiger charge is 2.30.